The molecule has 2 atom stereocenters. The maximum Gasteiger partial charge on any atom is 0.319 e. The van der Waals surface area contributed by atoms with Crippen molar-refractivity contribution in [3.05, 3.63) is 0 Å². The lowest BCUT2D eigenvalue weighted by atomic mass is 9.81. The molecule has 0 aromatic heterocycles. The summed E-state index contributed by atoms with van der Waals surface area (Å²) in [6.07, 6.45) is 1.08. The third kappa shape index (κ3) is 2.24. The summed E-state index contributed by atoms with van der Waals surface area (Å²) in [6, 6.07) is -0.245. The van der Waals surface area contributed by atoms with Gasteiger partial charge in [0.15, 0.2) is 0 Å². The van der Waals surface area contributed by atoms with Crippen LogP contribution in [0.25, 0.3) is 0 Å². The first-order chi connectivity index (χ1) is 9.08. The van der Waals surface area contributed by atoms with Gasteiger partial charge in [0.2, 0.25) is 10.0 Å². The van der Waals surface area contributed by atoms with Crippen molar-refractivity contribution >= 4 is 22.0 Å². The van der Waals surface area contributed by atoms with Gasteiger partial charge in [-0.25, -0.2) is 17.5 Å². The third-order valence-corrected chi connectivity index (χ3v) is 5.34. The molecule has 0 unspecified atom stereocenters. The summed E-state index contributed by atoms with van der Waals surface area (Å²) in [5.74, 6) is -1.40. The lowest BCUT2D eigenvalue weighted by molar-refractivity contribution is -0.148. The average Bonchev–Trinajstić information content (AvgIpc) is 2.80. The van der Waals surface area contributed by atoms with E-state index in [0.717, 1.165) is 6.26 Å². The predicted molar refractivity (Wildman–Crippen MR) is 70.6 cm³/mol. The normalized spacial score (nSPS) is 30.4. The van der Waals surface area contributed by atoms with Crippen LogP contribution < -0.4 is 0 Å². The standard InChI is InChI=1S/C11H19N3O5S/c1-12(2)10(17)13-4-8-5-14(20(3,18)19)7-11(8,6-13)9(15)16/h8H,4-7H2,1-3H3,(H,15,16)/t8-,11-/m0/s1. The van der Waals surface area contributed by atoms with Crippen molar-refractivity contribution in [1.82, 2.24) is 14.1 Å². The Morgan fingerprint density at radius 3 is 2.25 bits per heavy atom. The van der Waals surface area contributed by atoms with Crippen LogP contribution in [0.5, 0.6) is 0 Å². The summed E-state index contributed by atoms with van der Waals surface area (Å²) in [5.41, 5.74) is -1.19. The monoisotopic (exact) mass is 305 g/mol. The fourth-order valence-corrected chi connectivity index (χ4v) is 3.92. The van der Waals surface area contributed by atoms with E-state index in [4.69, 9.17) is 0 Å². The highest BCUT2D eigenvalue weighted by molar-refractivity contribution is 7.88. The van der Waals surface area contributed by atoms with Crippen LogP contribution in [0.2, 0.25) is 0 Å². The number of rotatable bonds is 2. The smallest absolute Gasteiger partial charge is 0.319 e. The Morgan fingerprint density at radius 1 is 1.25 bits per heavy atom. The fraction of sp³-hybridized carbons (Fsp3) is 0.818. The molecule has 0 saturated carbocycles. The molecule has 0 aromatic carbocycles. The molecule has 2 amide bonds. The first-order valence-corrected chi connectivity index (χ1v) is 8.07. The molecule has 0 bridgehead atoms. The van der Waals surface area contributed by atoms with Crippen LogP contribution in [0.4, 0.5) is 4.79 Å². The van der Waals surface area contributed by atoms with Crippen LogP contribution in [0.1, 0.15) is 0 Å². The topological polar surface area (TPSA) is 98.2 Å². The minimum atomic E-state index is -3.41. The second-order valence-electron chi connectivity index (χ2n) is 5.77. The highest BCUT2D eigenvalue weighted by Crippen LogP contribution is 2.43. The van der Waals surface area contributed by atoms with Gasteiger partial charge in [-0.3, -0.25) is 4.79 Å². The molecule has 2 fully saturated rings. The first-order valence-electron chi connectivity index (χ1n) is 6.22. The largest absolute Gasteiger partial charge is 0.481 e. The van der Waals surface area contributed by atoms with Crippen LogP contribution in [0.3, 0.4) is 0 Å². The van der Waals surface area contributed by atoms with Crippen molar-refractivity contribution in [3.63, 3.8) is 0 Å². The Morgan fingerprint density at radius 2 is 1.85 bits per heavy atom. The number of urea groups is 1. The van der Waals surface area contributed by atoms with Crippen LogP contribution in [0.15, 0.2) is 0 Å². The zero-order chi connectivity index (χ0) is 15.3. The Bertz CT molecular complexity index is 546. The second kappa shape index (κ2) is 4.59. The Hall–Kier alpha value is -1.35. The van der Waals surface area contributed by atoms with E-state index in [1.807, 2.05) is 0 Å². The van der Waals surface area contributed by atoms with E-state index in [1.54, 1.807) is 14.1 Å². The van der Waals surface area contributed by atoms with Crippen LogP contribution in [0, 0.1) is 11.3 Å². The number of likely N-dealkylation sites (tertiary alicyclic amines) is 1. The van der Waals surface area contributed by atoms with E-state index in [9.17, 15) is 23.1 Å². The lowest BCUT2D eigenvalue weighted by Gasteiger charge is -2.26. The van der Waals surface area contributed by atoms with E-state index in [0.29, 0.717) is 0 Å². The van der Waals surface area contributed by atoms with Crippen molar-refractivity contribution in [2.75, 3.05) is 46.5 Å². The van der Waals surface area contributed by atoms with Gasteiger partial charge in [-0.15, -0.1) is 0 Å². The van der Waals surface area contributed by atoms with Gasteiger partial charge < -0.3 is 14.9 Å². The van der Waals surface area contributed by atoms with Crippen molar-refractivity contribution in [2.45, 2.75) is 0 Å². The van der Waals surface area contributed by atoms with Crippen LogP contribution >= 0.6 is 0 Å². The lowest BCUT2D eigenvalue weighted by Crippen LogP contribution is -2.44. The summed E-state index contributed by atoms with van der Waals surface area (Å²) < 4.78 is 24.4. The molecule has 0 aliphatic carbocycles. The van der Waals surface area contributed by atoms with Gasteiger partial charge in [0.05, 0.1) is 6.26 Å². The number of sulfonamides is 1. The summed E-state index contributed by atoms with van der Waals surface area (Å²) >= 11 is 0. The third-order valence-electron chi connectivity index (χ3n) is 4.13. The predicted octanol–water partition coefficient (Wildman–Crippen LogP) is -1.05. The number of aliphatic carboxylic acids is 1. The zero-order valence-electron chi connectivity index (χ0n) is 11.7. The second-order valence-corrected chi connectivity index (χ2v) is 7.75. The molecule has 2 saturated heterocycles. The Kier molecular flexibility index (Phi) is 3.45. The molecule has 2 aliphatic heterocycles. The number of nitrogens with zero attached hydrogens (tertiary/aromatic N) is 3. The summed E-state index contributed by atoms with van der Waals surface area (Å²) in [4.78, 5) is 26.5. The number of carboxylic acids is 1. The molecule has 0 spiro atoms. The Balaban J connectivity index is 2.26. The molecule has 1 N–H and O–H groups in total. The number of hydrogen-bond acceptors (Lipinski definition) is 4. The van der Waals surface area contributed by atoms with Gasteiger partial charge in [-0.2, -0.15) is 0 Å². The number of carbonyl (C=O) groups excluding carboxylic acids is 1. The first kappa shape index (κ1) is 15.0. The van der Waals surface area contributed by atoms with Gasteiger partial charge in [-0.1, -0.05) is 0 Å². The molecular weight excluding hydrogens is 286 g/mol. The number of carbonyl (C=O) groups is 2. The number of fused-ring (bicyclic) bond motifs is 1. The van der Waals surface area contributed by atoms with Crippen molar-refractivity contribution in [1.29, 1.82) is 0 Å². The van der Waals surface area contributed by atoms with Crippen molar-refractivity contribution < 1.29 is 23.1 Å². The summed E-state index contributed by atoms with van der Waals surface area (Å²) in [6.45, 7) is 0.413. The van der Waals surface area contributed by atoms with E-state index in [2.05, 4.69) is 0 Å². The number of amides is 2. The molecule has 20 heavy (non-hydrogen) atoms. The maximum atomic E-state index is 11.9. The van der Waals surface area contributed by atoms with Gasteiger partial charge >= 0.3 is 12.0 Å². The highest BCUT2D eigenvalue weighted by atomic mass is 32.2. The maximum absolute atomic E-state index is 11.9. The SMILES string of the molecule is CN(C)C(=O)N1C[C@H]2CN(S(C)(=O)=O)C[C@@]2(C(=O)O)C1. The van der Waals surface area contributed by atoms with Crippen molar-refractivity contribution in [2.24, 2.45) is 11.3 Å². The molecule has 2 heterocycles. The molecule has 8 nitrogen and oxygen atoms in total. The molecular formula is C11H19N3O5S. The van der Waals surface area contributed by atoms with E-state index >= 15 is 0 Å². The minimum Gasteiger partial charge on any atom is -0.481 e. The molecule has 0 radical (unpaired) electrons. The van der Waals surface area contributed by atoms with Gasteiger partial charge in [0.25, 0.3) is 0 Å². The summed E-state index contributed by atoms with van der Waals surface area (Å²) in [5, 5.41) is 9.52. The fourth-order valence-electron chi connectivity index (χ4n) is 3.00. The van der Waals surface area contributed by atoms with Gasteiger partial charge in [0, 0.05) is 46.2 Å². The van der Waals surface area contributed by atoms with Crippen molar-refractivity contribution in [3.8, 4) is 0 Å². The van der Waals surface area contributed by atoms with E-state index < -0.39 is 21.4 Å². The summed E-state index contributed by atoms with van der Waals surface area (Å²) in [7, 11) is -0.206. The number of hydrogen-bond donors (Lipinski definition) is 1. The average molecular weight is 305 g/mol. The van der Waals surface area contributed by atoms with Crippen LogP contribution in [-0.4, -0.2) is 86.2 Å². The van der Waals surface area contributed by atoms with E-state index in [1.165, 1.54) is 14.1 Å². The van der Waals surface area contributed by atoms with Crippen LogP contribution in [-0.2, 0) is 14.8 Å². The molecule has 114 valence electrons. The zero-order valence-corrected chi connectivity index (χ0v) is 12.6. The molecule has 2 rings (SSSR count). The molecule has 0 aromatic rings. The van der Waals surface area contributed by atoms with E-state index in [-0.39, 0.29) is 38.1 Å². The minimum absolute atomic E-state index is 0.0516. The van der Waals surface area contributed by atoms with Gasteiger partial charge in [0.1, 0.15) is 5.41 Å². The molecule has 9 heteroatoms. The Labute approximate surface area is 118 Å². The quantitative estimate of drug-likeness (QED) is 0.701. The molecule has 2 aliphatic rings. The highest BCUT2D eigenvalue weighted by Gasteiger charge is 2.60. The van der Waals surface area contributed by atoms with Gasteiger partial charge in [-0.05, 0) is 0 Å². The number of carboxylic acid groups (broad SMARTS) is 1.